The first-order chi connectivity index (χ1) is 11.2. The van der Waals surface area contributed by atoms with E-state index in [1.54, 1.807) is 0 Å². The lowest BCUT2D eigenvalue weighted by molar-refractivity contribution is 0.699. The summed E-state index contributed by atoms with van der Waals surface area (Å²) in [5.74, 6) is 0.929. The van der Waals surface area contributed by atoms with Gasteiger partial charge in [-0.25, -0.2) is 0 Å². The van der Waals surface area contributed by atoms with Gasteiger partial charge in [-0.2, -0.15) is 0 Å². The number of hydrogen-bond acceptors (Lipinski definition) is 1. The average Bonchev–Trinajstić information content (AvgIpc) is 2.59. The number of benzene rings is 3. The van der Waals surface area contributed by atoms with E-state index >= 15 is 0 Å². The normalized spacial score (nSPS) is 12.7. The van der Waals surface area contributed by atoms with Crippen LogP contribution < -0.4 is 5.73 Å². The summed E-state index contributed by atoms with van der Waals surface area (Å²) < 4.78 is 0. The van der Waals surface area contributed by atoms with Gasteiger partial charge < -0.3 is 5.73 Å². The van der Waals surface area contributed by atoms with Crippen LogP contribution >= 0.6 is 0 Å². The summed E-state index contributed by atoms with van der Waals surface area (Å²) in [6, 6.07) is 24.1. The highest BCUT2D eigenvalue weighted by molar-refractivity contribution is 5.86. The zero-order chi connectivity index (χ0) is 16.2. The molecular weight excluding hydrogens is 278 g/mol. The van der Waals surface area contributed by atoms with Crippen molar-refractivity contribution in [3.05, 3.63) is 83.4 Å². The zero-order valence-electron chi connectivity index (χ0n) is 14.0. The minimum absolute atomic E-state index is 0.353. The van der Waals surface area contributed by atoms with Gasteiger partial charge in [0.1, 0.15) is 0 Å². The predicted molar refractivity (Wildman–Crippen MR) is 100.0 cm³/mol. The van der Waals surface area contributed by atoms with Gasteiger partial charge in [-0.1, -0.05) is 80.6 Å². The third kappa shape index (κ3) is 3.46. The smallest absolute Gasteiger partial charge is 0.000772 e. The SMILES string of the molecule is CC(C)c1ccc(CC(CN)c2cccc3ccccc23)cc1. The third-order valence-corrected chi connectivity index (χ3v) is 4.68. The van der Waals surface area contributed by atoms with Gasteiger partial charge in [0, 0.05) is 5.92 Å². The Labute approximate surface area is 139 Å². The Kier molecular flexibility index (Phi) is 4.78. The number of hydrogen-bond donors (Lipinski definition) is 1. The van der Waals surface area contributed by atoms with E-state index in [2.05, 4.69) is 80.6 Å². The summed E-state index contributed by atoms with van der Waals surface area (Å²) in [7, 11) is 0. The molecule has 0 aliphatic heterocycles. The standard InChI is InChI=1S/C22H25N/c1-16(2)18-12-10-17(11-13-18)14-20(15-23)22-9-5-7-19-6-3-4-8-21(19)22/h3-13,16,20H,14-15,23H2,1-2H3. The van der Waals surface area contributed by atoms with Gasteiger partial charge in [0.25, 0.3) is 0 Å². The molecule has 2 N–H and O–H groups in total. The Hall–Kier alpha value is -2.12. The summed E-state index contributed by atoms with van der Waals surface area (Å²) in [5.41, 5.74) is 10.2. The highest BCUT2D eigenvalue weighted by atomic mass is 14.5. The van der Waals surface area contributed by atoms with Crippen LogP contribution in [-0.4, -0.2) is 6.54 Å². The van der Waals surface area contributed by atoms with Gasteiger partial charge >= 0.3 is 0 Å². The van der Waals surface area contributed by atoms with Crippen molar-refractivity contribution in [3.8, 4) is 0 Å². The second kappa shape index (κ2) is 6.97. The van der Waals surface area contributed by atoms with Crippen molar-refractivity contribution in [3.63, 3.8) is 0 Å². The Morgan fingerprint density at radius 3 is 2.22 bits per heavy atom. The molecular formula is C22H25N. The molecule has 0 fully saturated rings. The van der Waals surface area contributed by atoms with Crippen LogP contribution in [0.3, 0.4) is 0 Å². The molecule has 3 rings (SSSR count). The van der Waals surface area contributed by atoms with Crippen LogP contribution in [0.5, 0.6) is 0 Å². The van der Waals surface area contributed by atoms with Gasteiger partial charge in [-0.3, -0.25) is 0 Å². The molecule has 3 aromatic rings. The van der Waals surface area contributed by atoms with Crippen LogP contribution in [0.25, 0.3) is 10.8 Å². The van der Waals surface area contributed by atoms with Crippen molar-refractivity contribution in [2.75, 3.05) is 6.54 Å². The van der Waals surface area contributed by atoms with E-state index in [0.717, 1.165) is 6.42 Å². The predicted octanol–water partition coefficient (Wildman–Crippen LogP) is 5.25. The average molecular weight is 303 g/mol. The summed E-state index contributed by atoms with van der Waals surface area (Å²) in [4.78, 5) is 0. The molecule has 0 aliphatic carbocycles. The molecule has 0 heterocycles. The minimum atomic E-state index is 0.353. The number of rotatable bonds is 5. The first-order valence-electron chi connectivity index (χ1n) is 8.45. The monoisotopic (exact) mass is 303 g/mol. The van der Waals surface area contributed by atoms with E-state index in [4.69, 9.17) is 5.73 Å². The molecule has 23 heavy (non-hydrogen) atoms. The van der Waals surface area contributed by atoms with Crippen molar-refractivity contribution in [2.45, 2.75) is 32.1 Å². The number of fused-ring (bicyclic) bond motifs is 1. The Balaban J connectivity index is 1.90. The van der Waals surface area contributed by atoms with Crippen molar-refractivity contribution in [1.82, 2.24) is 0 Å². The van der Waals surface area contributed by atoms with E-state index in [-0.39, 0.29) is 0 Å². The van der Waals surface area contributed by atoms with Crippen LogP contribution in [0.15, 0.2) is 66.7 Å². The fraction of sp³-hybridized carbons (Fsp3) is 0.273. The summed E-state index contributed by atoms with van der Waals surface area (Å²) >= 11 is 0. The van der Waals surface area contributed by atoms with E-state index in [1.165, 1.54) is 27.5 Å². The summed E-state index contributed by atoms with van der Waals surface area (Å²) in [5, 5.41) is 2.61. The molecule has 0 aliphatic rings. The van der Waals surface area contributed by atoms with Crippen LogP contribution in [0, 0.1) is 0 Å². The van der Waals surface area contributed by atoms with Gasteiger partial charge in [0.15, 0.2) is 0 Å². The molecule has 1 atom stereocenters. The molecule has 1 nitrogen and oxygen atoms in total. The highest BCUT2D eigenvalue weighted by Gasteiger charge is 2.13. The first kappa shape index (κ1) is 15.8. The molecule has 0 spiro atoms. The maximum absolute atomic E-state index is 6.12. The van der Waals surface area contributed by atoms with Crippen molar-refractivity contribution in [1.29, 1.82) is 0 Å². The maximum Gasteiger partial charge on any atom is 0.000772 e. The number of nitrogens with two attached hydrogens (primary N) is 1. The topological polar surface area (TPSA) is 26.0 Å². The Morgan fingerprint density at radius 1 is 0.826 bits per heavy atom. The van der Waals surface area contributed by atoms with Crippen molar-refractivity contribution < 1.29 is 0 Å². The van der Waals surface area contributed by atoms with Crippen LogP contribution in [0.4, 0.5) is 0 Å². The third-order valence-electron chi connectivity index (χ3n) is 4.68. The molecule has 1 heteroatoms. The maximum atomic E-state index is 6.12. The summed E-state index contributed by atoms with van der Waals surface area (Å²) in [6.45, 7) is 5.13. The first-order valence-corrected chi connectivity index (χ1v) is 8.45. The van der Waals surface area contributed by atoms with Crippen molar-refractivity contribution in [2.24, 2.45) is 5.73 Å². The molecule has 0 radical (unpaired) electrons. The fourth-order valence-corrected chi connectivity index (χ4v) is 3.25. The van der Waals surface area contributed by atoms with Crippen LogP contribution in [0.1, 0.15) is 42.4 Å². The van der Waals surface area contributed by atoms with Gasteiger partial charge in [-0.05, 0) is 46.3 Å². The van der Waals surface area contributed by atoms with Gasteiger partial charge in [0.05, 0.1) is 0 Å². The lowest BCUT2D eigenvalue weighted by atomic mass is 9.88. The lowest BCUT2D eigenvalue weighted by Gasteiger charge is -2.18. The molecule has 3 aromatic carbocycles. The van der Waals surface area contributed by atoms with Crippen LogP contribution in [-0.2, 0) is 6.42 Å². The van der Waals surface area contributed by atoms with Gasteiger partial charge in [-0.15, -0.1) is 0 Å². The van der Waals surface area contributed by atoms with Crippen LogP contribution in [0.2, 0.25) is 0 Å². The van der Waals surface area contributed by atoms with Gasteiger partial charge in [0.2, 0.25) is 0 Å². The van der Waals surface area contributed by atoms with E-state index in [0.29, 0.717) is 18.4 Å². The molecule has 118 valence electrons. The van der Waals surface area contributed by atoms with E-state index < -0.39 is 0 Å². The Bertz CT molecular complexity index is 766. The molecule has 0 aromatic heterocycles. The quantitative estimate of drug-likeness (QED) is 0.684. The molecule has 0 bridgehead atoms. The van der Waals surface area contributed by atoms with Crippen molar-refractivity contribution >= 4 is 10.8 Å². The molecule has 0 saturated heterocycles. The Morgan fingerprint density at radius 2 is 1.52 bits per heavy atom. The molecule has 1 unspecified atom stereocenters. The lowest BCUT2D eigenvalue weighted by Crippen LogP contribution is -2.15. The largest absolute Gasteiger partial charge is 0.330 e. The zero-order valence-corrected chi connectivity index (χ0v) is 14.0. The van der Waals surface area contributed by atoms with E-state index in [1.807, 2.05) is 0 Å². The second-order valence-electron chi connectivity index (χ2n) is 6.60. The highest BCUT2D eigenvalue weighted by Crippen LogP contribution is 2.28. The second-order valence-corrected chi connectivity index (χ2v) is 6.60. The molecule has 0 amide bonds. The van der Waals surface area contributed by atoms with E-state index in [9.17, 15) is 0 Å². The summed E-state index contributed by atoms with van der Waals surface area (Å²) in [6.07, 6.45) is 0.989. The minimum Gasteiger partial charge on any atom is -0.330 e. The molecule has 0 saturated carbocycles. The fourth-order valence-electron chi connectivity index (χ4n) is 3.25.